The summed E-state index contributed by atoms with van der Waals surface area (Å²) in [6, 6.07) is 6.45. The predicted octanol–water partition coefficient (Wildman–Crippen LogP) is 1.81. The molecule has 1 aromatic carbocycles. The highest BCUT2D eigenvalue weighted by atomic mass is 16.4. The number of urea groups is 1. The first-order valence-electron chi connectivity index (χ1n) is 7.47. The molecule has 1 aliphatic rings. The summed E-state index contributed by atoms with van der Waals surface area (Å²) in [6.07, 6.45) is 1.99. The van der Waals surface area contributed by atoms with Gasteiger partial charge in [-0.05, 0) is 44.9 Å². The number of aliphatic carboxylic acids is 1. The number of rotatable bonds is 6. The molecular formula is C16H21N3O4. The van der Waals surface area contributed by atoms with E-state index in [1.165, 1.54) is 13.8 Å². The summed E-state index contributed by atoms with van der Waals surface area (Å²) in [7, 11) is 0. The van der Waals surface area contributed by atoms with E-state index in [1.807, 2.05) is 0 Å². The molecular weight excluding hydrogens is 298 g/mol. The second-order valence-electron chi connectivity index (χ2n) is 6.33. The molecule has 124 valence electrons. The number of carbonyl (C=O) groups excluding carboxylic acids is 2. The largest absolute Gasteiger partial charge is 0.481 e. The van der Waals surface area contributed by atoms with Crippen molar-refractivity contribution < 1.29 is 19.5 Å². The summed E-state index contributed by atoms with van der Waals surface area (Å²) in [5.41, 5.74) is -0.181. The summed E-state index contributed by atoms with van der Waals surface area (Å²) < 4.78 is 0. The summed E-state index contributed by atoms with van der Waals surface area (Å²) in [5, 5.41) is 17.1. The first-order valence-corrected chi connectivity index (χ1v) is 7.47. The van der Waals surface area contributed by atoms with E-state index in [1.54, 1.807) is 24.3 Å². The van der Waals surface area contributed by atoms with Crippen LogP contribution in [0.4, 0.5) is 10.5 Å². The topological polar surface area (TPSA) is 108 Å². The molecule has 0 spiro atoms. The number of nitrogens with one attached hydrogen (secondary N) is 3. The average Bonchev–Trinajstić information content (AvgIpc) is 3.28. The van der Waals surface area contributed by atoms with Gasteiger partial charge in [0.1, 0.15) is 0 Å². The van der Waals surface area contributed by atoms with Gasteiger partial charge in [-0.25, -0.2) is 4.79 Å². The van der Waals surface area contributed by atoms with Gasteiger partial charge in [0.2, 0.25) is 0 Å². The van der Waals surface area contributed by atoms with Gasteiger partial charge >= 0.3 is 12.0 Å². The minimum atomic E-state index is -1.05. The molecule has 1 saturated carbocycles. The fourth-order valence-corrected chi connectivity index (χ4v) is 1.80. The highest BCUT2D eigenvalue weighted by molar-refractivity contribution is 5.97. The normalized spacial score (nSPS) is 14.0. The Kier molecular flexibility index (Phi) is 4.88. The van der Waals surface area contributed by atoms with Crippen molar-refractivity contribution in [2.45, 2.75) is 32.7 Å². The van der Waals surface area contributed by atoms with E-state index in [0.29, 0.717) is 11.3 Å². The molecule has 7 heteroatoms. The number of benzene rings is 1. The van der Waals surface area contributed by atoms with Crippen LogP contribution in [-0.2, 0) is 4.79 Å². The number of carboxylic acids is 1. The zero-order valence-electron chi connectivity index (χ0n) is 13.2. The maximum Gasteiger partial charge on any atom is 0.319 e. The first kappa shape index (κ1) is 16.8. The lowest BCUT2D eigenvalue weighted by molar-refractivity contribution is -0.146. The Balaban J connectivity index is 1.93. The van der Waals surface area contributed by atoms with Gasteiger partial charge in [-0.15, -0.1) is 0 Å². The monoisotopic (exact) mass is 319 g/mol. The zero-order chi connectivity index (χ0) is 17.0. The van der Waals surface area contributed by atoms with Crippen molar-refractivity contribution in [1.82, 2.24) is 10.6 Å². The Morgan fingerprint density at radius 2 is 1.96 bits per heavy atom. The molecule has 0 atom stereocenters. The minimum Gasteiger partial charge on any atom is -0.481 e. The Bertz CT molecular complexity index is 624. The summed E-state index contributed by atoms with van der Waals surface area (Å²) >= 11 is 0. The van der Waals surface area contributed by atoms with Gasteiger partial charge in [0.05, 0.1) is 5.41 Å². The lowest BCUT2D eigenvalue weighted by Gasteiger charge is -2.19. The van der Waals surface area contributed by atoms with Crippen LogP contribution >= 0.6 is 0 Å². The van der Waals surface area contributed by atoms with Crippen molar-refractivity contribution >= 4 is 23.6 Å². The number of amides is 3. The molecule has 0 aromatic heterocycles. The Morgan fingerprint density at radius 1 is 1.26 bits per heavy atom. The van der Waals surface area contributed by atoms with Crippen LogP contribution in [0.1, 0.15) is 37.0 Å². The molecule has 7 nitrogen and oxygen atoms in total. The third kappa shape index (κ3) is 4.98. The standard InChI is InChI=1S/C16H21N3O4/c1-16(2,14(21)22)9-17-13(20)10-4-3-5-12(8-10)19-15(23)18-11-6-7-11/h3-5,8,11H,6-7,9H2,1-2H3,(H,17,20)(H,21,22)(H2,18,19,23). The van der Waals surface area contributed by atoms with Crippen LogP contribution in [0.25, 0.3) is 0 Å². The highest BCUT2D eigenvalue weighted by Gasteiger charge is 2.27. The van der Waals surface area contributed by atoms with E-state index < -0.39 is 11.4 Å². The van der Waals surface area contributed by atoms with Crippen LogP contribution in [0.15, 0.2) is 24.3 Å². The molecule has 0 saturated heterocycles. The van der Waals surface area contributed by atoms with Crippen molar-refractivity contribution in [3.63, 3.8) is 0 Å². The van der Waals surface area contributed by atoms with Gasteiger partial charge in [0, 0.05) is 23.8 Å². The van der Waals surface area contributed by atoms with Crippen molar-refractivity contribution in [3.05, 3.63) is 29.8 Å². The van der Waals surface area contributed by atoms with Crippen molar-refractivity contribution in [2.75, 3.05) is 11.9 Å². The van der Waals surface area contributed by atoms with E-state index in [-0.39, 0.29) is 24.5 Å². The quantitative estimate of drug-likeness (QED) is 0.641. The molecule has 0 aliphatic heterocycles. The molecule has 3 amide bonds. The fraction of sp³-hybridized carbons (Fsp3) is 0.438. The van der Waals surface area contributed by atoms with Gasteiger partial charge in [-0.3, -0.25) is 9.59 Å². The molecule has 0 radical (unpaired) electrons. The molecule has 1 fully saturated rings. The Hall–Kier alpha value is -2.57. The molecule has 1 aromatic rings. The summed E-state index contributed by atoms with van der Waals surface area (Å²) in [4.78, 5) is 34.8. The van der Waals surface area contributed by atoms with Crippen LogP contribution in [0.5, 0.6) is 0 Å². The molecule has 1 aliphatic carbocycles. The third-order valence-corrected chi connectivity index (χ3v) is 3.57. The van der Waals surface area contributed by atoms with E-state index in [0.717, 1.165) is 12.8 Å². The van der Waals surface area contributed by atoms with Gasteiger partial charge < -0.3 is 21.1 Å². The second kappa shape index (κ2) is 6.68. The second-order valence-corrected chi connectivity index (χ2v) is 6.33. The van der Waals surface area contributed by atoms with Crippen LogP contribution in [-0.4, -0.2) is 35.6 Å². The van der Waals surface area contributed by atoms with Gasteiger partial charge in [-0.2, -0.15) is 0 Å². The van der Waals surface area contributed by atoms with Crippen LogP contribution < -0.4 is 16.0 Å². The van der Waals surface area contributed by atoms with Crippen LogP contribution in [0.3, 0.4) is 0 Å². The van der Waals surface area contributed by atoms with Gasteiger partial charge in [-0.1, -0.05) is 6.07 Å². The first-order chi connectivity index (χ1) is 10.8. The SMILES string of the molecule is CC(C)(CNC(=O)c1cccc(NC(=O)NC2CC2)c1)C(=O)O. The van der Waals surface area contributed by atoms with Gasteiger partial charge in [0.15, 0.2) is 0 Å². The van der Waals surface area contributed by atoms with Gasteiger partial charge in [0.25, 0.3) is 5.91 Å². The number of hydrogen-bond acceptors (Lipinski definition) is 3. The zero-order valence-corrected chi connectivity index (χ0v) is 13.2. The average molecular weight is 319 g/mol. The molecule has 0 bridgehead atoms. The summed E-state index contributed by atoms with van der Waals surface area (Å²) in [6.45, 7) is 3.09. The van der Waals surface area contributed by atoms with E-state index in [4.69, 9.17) is 5.11 Å². The van der Waals surface area contributed by atoms with Crippen LogP contribution in [0, 0.1) is 5.41 Å². The molecule has 23 heavy (non-hydrogen) atoms. The van der Waals surface area contributed by atoms with E-state index in [2.05, 4.69) is 16.0 Å². The Morgan fingerprint density at radius 3 is 2.57 bits per heavy atom. The lowest BCUT2D eigenvalue weighted by Crippen LogP contribution is -2.38. The fourth-order valence-electron chi connectivity index (χ4n) is 1.80. The van der Waals surface area contributed by atoms with E-state index in [9.17, 15) is 14.4 Å². The van der Waals surface area contributed by atoms with Crippen LogP contribution in [0.2, 0.25) is 0 Å². The third-order valence-electron chi connectivity index (χ3n) is 3.57. The number of anilines is 1. The molecule has 0 unspecified atom stereocenters. The minimum absolute atomic E-state index is 0.0149. The Labute approximate surface area is 134 Å². The number of carbonyl (C=O) groups is 3. The van der Waals surface area contributed by atoms with Crippen molar-refractivity contribution in [1.29, 1.82) is 0 Å². The maximum absolute atomic E-state index is 12.1. The van der Waals surface area contributed by atoms with E-state index >= 15 is 0 Å². The van der Waals surface area contributed by atoms with Crippen molar-refractivity contribution in [2.24, 2.45) is 5.41 Å². The highest BCUT2D eigenvalue weighted by Crippen LogP contribution is 2.19. The van der Waals surface area contributed by atoms with Crippen molar-refractivity contribution in [3.8, 4) is 0 Å². The lowest BCUT2D eigenvalue weighted by atomic mass is 9.94. The number of hydrogen-bond donors (Lipinski definition) is 4. The maximum atomic E-state index is 12.1. The summed E-state index contributed by atoms with van der Waals surface area (Å²) in [5.74, 6) is -1.37. The molecule has 4 N–H and O–H groups in total. The predicted molar refractivity (Wildman–Crippen MR) is 85.4 cm³/mol. The number of carboxylic acid groups (broad SMARTS) is 1. The molecule has 0 heterocycles. The molecule has 2 rings (SSSR count). The smallest absolute Gasteiger partial charge is 0.319 e.